The largest absolute Gasteiger partial charge is 0.343 e. The van der Waals surface area contributed by atoms with Gasteiger partial charge >= 0.3 is 0 Å². The Bertz CT molecular complexity index is 773. The highest BCUT2D eigenvalue weighted by atomic mass is 16.2. The van der Waals surface area contributed by atoms with Crippen molar-refractivity contribution < 1.29 is 9.59 Å². The van der Waals surface area contributed by atoms with Gasteiger partial charge in [-0.25, -0.2) is 4.98 Å². The third-order valence-electron chi connectivity index (χ3n) is 5.17. The predicted molar refractivity (Wildman–Crippen MR) is 102 cm³/mol. The smallest absolute Gasteiger partial charge is 0.224 e. The van der Waals surface area contributed by atoms with E-state index in [0.29, 0.717) is 25.3 Å². The molecule has 146 valence electrons. The number of anilines is 1. The van der Waals surface area contributed by atoms with E-state index in [2.05, 4.69) is 15.4 Å². The number of aromatic nitrogens is 4. The second-order valence-electron chi connectivity index (χ2n) is 7.08. The van der Waals surface area contributed by atoms with Gasteiger partial charge in [0, 0.05) is 57.6 Å². The van der Waals surface area contributed by atoms with Crippen molar-refractivity contribution in [1.82, 2.24) is 24.2 Å². The average Bonchev–Trinajstić information content (AvgIpc) is 3.28. The van der Waals surface area contributed by atoms with Gasteiger partial charge in [0.05, 0.1) is 11.9 Å². The quantitative estimate of drug-likeness (QED) is 0.806. The summed E-state index contributed by atoms with van der Waals surface area (Å²) in [6.45, 7) is 6.85. The highest BCUT2D eigenvalue weighted by Gasteiger charge is 2.24. The van der Waals surface area contributed by atoms with Crippen molar-refractivity contribution in [1.29, 1.82) is 0 Å². The van der Waals surface area contributed by atoms with Crippen molar-refractivity contribution in [3.8, 4) is 0 Å². The Kier molecular flexibility index (Phi) is 6.26. The van der Waals surface area contributed by atoms with Crippen LogP contribution in [0.4, 0.5) is 5.69 Å². The zero-order chi connectivity index (χ0) is 19.2. The van der Waals surface area contributed by atoms with Crippen molar-refractivity contribution in [3.05, 3.63) is 30.6 Å². The van der Waals surface area contributed by atoms with Gasteiger partial charge in [-0.3, -0.25) is 14.3 Å². The highest BCUT2D eigenvalue weighted by molar-refractivity contribution is 5.90. The zero-order valence-corrected chi connectivity index (χ0v) is 16.1. The fourth-order valence-electron chi connectivity index (χ4n) is 3.48. The monoisotopic (exact) mass is 372 g/mol. The Morgan fingerprint density at radius 3 is 2.70 bits per heavy atom. The Balaban J connectivity index is 1.38. The van der Waals surface area contributed by atoms with Gasteiger partial charge in [-0.1, -0.05) is 0 Å². The van der Waals surface area contributed by atoms with E-state index in [4.69, 9.17) is 0 Å². The molecule has 1 aliphatic heterocycles. The normalized spacial score (nSPS) is 15.1. The number of imidazole rings is 1. The van der Waals surface area contributed by atoms with E-state index in [-0.39, 0.29) is 11.8 Å². The lowest BCUT2D eigenvalue weighted by molar-refractivity contribution is -0.132. The molecule has 27 heavy (non-hydrogen) atoms. The summed E-state index contributed by atoms with van der Waals surface area (Å²) in [6, 6.07) is 0. The second-order valence-corrected chi connectivity index (χ2v) is 7.08. The first-order valence-corrected chi connectivity index (χ1v) is 9.63. The molecule has 3 rings (SSSR count). The lowest BCUT2D eigenvalue weighted by Crippen LogP contribution is -2.39. The summed E-state index contributed by atoms with van der Waals surface area (Å²) in [5.74, 6) is 1.45. The van der Waals surface area contributed by atoms with Crippen LogP contribution >= 0.6 is 0 Å². The lowest BCUT2D eigenvalue weighted by Gasteiger charge is -2.32. The number of piperidine rings is 1. The Labute approximate surface area is 159 Å². The van der Waals surface area contributed by atoms with Gasteiger partial charge in [0.2, 0.25) is 11.8 Å². The third kappa shape index (κ3) is 5.18. The molecule has 1 N–H and O–H groups in total. The lowest BCUT2D eigenvalue weighted by atomic mass is 9.93. The summed E-state index contributed by atoms with van der Waals surface area (Å²) in [5.41, 5.74) is 0.740. The van der Waals surface area contributed by atoms with Crippen LogP contribution in [-0.2, 0) is 22.7 Å². The molecule has 0 radical (unpaired) electrons. The second kappa shape index (κ2) is 8.83. The van der Waals surface area contributed by atoms with Crippen LogP contribution in [0.1, 0.15) is 38.4 Å². The van der Waals surface area contributed by atoms with Gasteiger partial charge in [-0.05, 0) is 32.6 Å². The Hall–Kier alpha value is -2.64. The number of carbonyl (C=O) groups is 2. The molecule has 1 aliphatic rings. The molecule has 1 fully saturated rings. The molecule has 2 amide bonds. The third-order valence-corrected chi connectivity index (χ3v) is 5.17. The maximum Gasteiger partial charge on any atom is 0.224 e. The van der Waals surface area contributed by atoms with E-state index < -0.39 is 0 Å². The fraction of sp³-hybridized carbons (Fsp3) is 0.579. The van der Waals surface area contributed by atoms with Gasteiger partial charge in [0.15, 0.2) is 0 Å². The topological polar surface area (TPSA) is 85.0 Å². The summed E-state index contributed by atoms with van der Waals surface area (Å²) in [5, 5.41) is 7.06. The van der Waals surface area contributed by atoms with E-state index >= 15 is 0 Å². The molecule has 0 atom stereocenters. The molecule has 0 spiro atoms. The maximum atomic E-state index is 12.4. The molecule has 8 nitrogen and oxygen atoms in total. The molecule has 1 saturated heterocycles. The van der Waals surface area contributed by atoms with Crippen LogP contribution in [0.25, 0.3) is 0 Å². The van der Waals surface area contributed by atoms with Crippen LogP contribution in [0.2, 0.25) is 0 Å². The molecular weight excluding hydrogens is 344 g/mol. The predicted octanol–water partition coefficient (Wildman–Crippen LogP) is 2.07. The molecule has 2 aromatic rings. The summed E-state index contributed by atoms with van der Waals surface area (Å²) in [6.07, 6.45) is 9.89. The molecule has 8 heteroatoms. The van der Waals surface area contributed by atoms with Crippen molar-refractivity contribution in [2.24, 2.45) is 5.92 Å². The minimum atomic E-state index is 0.0195. The first kappa shape index (κ1) is 19.1. The van der Waals surface area contributed by atoms with Gasteiger partial charge in [0.25, 0.3) is 0 Å². The van der Waals surface area contributed by atoms with Gasteiger partial charge < -0.3 is 14.8 Å². The van der Waals surface area contributed by atoms with E-state index in [1.54, 1.807) is 17.1 Å². The number of rotatable bonds is 7. The summed E-state index contributed by atoms with van der Waals surface area (Å²) >= 11 is 0. The molecule has 3 heterocycles. The number of aryl methyl sites for hydroxylation is 3. The molecule has 0 aromatic carbocycles. The summed E-state index contributed by atoms with van der Waals surface area (Å²) < 4.78 is 3.78. The van der Waals surface area contributed by atoms with Gasteiger partial charge in [-0.15, -0.1) is 0 Å². The average molecular weight is 372 g/mol. The minimum absolute atomic E-state index is 0.0195. The van der Waals surface area contributed by atoms with Crippen LogP contribution in [0.15, 0.2) is 24.8 Å². The highest BCUT2D eigenvalue weighted by Crippen LogP contribution is 2.22. The van der Waals surface area contributed by atoms with Crippen LogP contribution < -0.4 is 5.32 Å². The Morgan fingerprint density at radius 2 is 2.07 bits per heavy atom. The number of hydrogen-bond donors (Lipinski definition) is 1. The molecule has 0 saturated carbocycles. The van der Waals surface area contributed by atoms with Crippen LogP contribution in [0.5, 0.6) is 0 Å². The summed E-state index contributed by atoms with van der Waals surface area (Å²) in [7, 11) is 0. The van der Waals surface area contributed by atoms with Crippen molar-refractivity contribution in [3.63, 3.8) is 0 Å². The number of carbonyl (C=O) groups excluding carboxylic acids is 2. The van der Waals surface area contributed by atoms with E-state index in [1.807, 2.05) is 35.7 Å². The molecule has 2 aromatic heterocycles. The van der Waals surface area contributed by atoms with Crippen LogP contribution in [0.3, 0.4) is 0 Å². The molecule has 0 aliphatic carbocycles. The van der Waals surface area contributed by atoms with Crippen molar-refractivity contribution >= 4 is 17.5 Å². The number of nitrogens with zero attached hydrogens (tertiary/aromatic N) is 5. The van der Waals surface area contributed by atoms with E-state index in [0.717, 1.165) is 44.0 Å². The van der Waals surface area contributed by atoms with Gasteiger partial charge in [-0.2, -0.15) is 5.10 Å². The van der Waals surface area contributed by atoms with E-state index in [1.165, 1.54) is 0 Å². The first-order chi connectivity index (χ1) is 13.0. The van der Waals surface area contributed by atoms with Crippen LogP contribution in [0, 0.1) is 12.8 Å². The minimum Gasteiger partial charge on any atom is -0.343 e. The molecular formula is C19H28N6O2. The maximum absolute atomic E-state index is 12.4. The van der Waals surface area contributed by atoms with Crippen LogP contribution in [-0.4, -0.2) is 49.1 Å². The number of amides is 2. The Morgan fingerprint density at radius 1 is 1.30 bits per heavy atom. The number of hydrogen-bond acceptors (Lipinski definition) is 4. The standard InChI is InChI=1S/C19H28N6O2/c1-3-25-14-17(13-21-25)22-18(26)12-16-4-8-24(9-5-16)19(27)6-10-23-11-7-20-15(23)2/h7,11,13-14,16H,3-6,8-10,12H2,1-2H3,(H,22,26). The van der Waals surface area contributed by atoms with E-state index in [9.17, 15) is 9.59 Å². The molecule has 0 bridgehead atoms. The SMILES string of the molecule is CCn1cc(NC(=O)CC2CCN(C(=O)CCn3ccnc3C)CC2)cn1. The zero-order valence-electron chi connectivity index (χ0n) is 16.1. The first-order valence-electron chi connectivity index (χ1n) is 9.63. The van der Waals surface area contributed by atoms with Gasteiger partial charge in [0.1, 0.15) is 5.82 Å². The fourth-order valence-corrected chi connectivity index (χ4v) is 3.48. The molecule has 0 unspecified atom stereocenters. The van der Waals surface area contributed by atoms with Crippen molar-refractivity contribution in [2.75, 3.05) is 18.4 Å². The summed E-state index contributed by atoms with van der Waals surface area (Å²) in [4.78, 5) is 30.7. The number of likely N-dealkylation sites (tertiary alicyclic amines) is 1. The van der Waals surface area contributed by atoms with Crippen molar-refractivity contribution in [2.45, 2.75) is 52.6 Å². The number of nitrogens with one attached hydrogen (secondary N) is 1.